The molecule has 0 aliphatic heterocycles. The first kappa shape index (κ1) is 20.2. The molecule has 0 heterocycles. The Morgan fingerprint density at radius 1 is 1.00 bits per heavy atom. The Labute approximate surface area is 156 Å². The number of benzene rings is 2. The van der Waals surface area contributed by atoms with Crippen LogP contribution in [-0.4, -0.2) is 22.6 Å². The SMILES string of the molecule is CC(C)(C)CC(C)(C)c1cc(CCO)cc(C(=O)c2ccccc2)c1O. The fourth-order valence-electron chi connectivity index (χ4n) is 3.82. The van der Waals surface area contributed by atoms with Crippen molar-refractivity contribution in [1.82, 2.24) is 0 Å². The molecule has 0 unspecified atom stereocenters. The molecule has 0 spiro atoms. The van der Waals surface area contributed by atoms with Crippen molar-refractivity contribution in [2.75, 3.05) is 6.61 Å². The fraction of sp³-hybridized carbons (Fsp3) is 0.435. The lowest BCUT2D eigenvalue weighted by atomic mass is 9.71. The van der Waals surface area contributed by atoms with Crippen LogP contribution in [-0.2, 0) is 11.8 Å². The molecule has 2 aromatic rings. The van der Waals surface area contributed by atoms with Gasteiger partial charge in [-0.25, -0.2) is 0 Å². The van der Waals surface area contributed by atoms with Gasteiger partial charge in [0, 0.05) is 17.7 Å². The maximum absolute atomic E-state index is 13.0. The molecular formula is C23H30O3. The van der Waals surface area contributed by atoms with Gasteiger partial charge in [-0.3, -0.25) is 4.79 Å². The number of carbonyl (C=O) groups excluding carboxylic acids is 1. The highest BCUT2D eigenvalue weighted by molar-refractivity contribution is 6.11. The second-order valence-corrected chi connectivity index (χ2v) is 8.83. The van der Waals surface area contributed by atoms with Gasteiger partial charge in [0.05, 0.1) is 5.56 Å². The fourth-order valence-corrected chi connectivity index (χ4v) is 3.82. The third-order valence-corrected chi connectivity index (χ3v) is 4.55. The Morgan fingerprint density at radius 2 is 1.62 bits per heavy atom. The summed E-state index contributed by atoms with van der Waals surface area (Å²) < 4.78 is 0. The van der Waals surface area contributed by atoms with Crippen LogP contribution in [0.1, 0.15) is 68.1 Å². The van der Waals surface area contributed by atoms with Gasteiger partial charge in [-0.05, 0) is 35.3 Å². The zero-order valence-corrected chi connectivity index (χ0v) is 16.5. The predicted octanol–water partition coefficient (Wildman–Crippen LogP) is 4.87. The van der Waals surface area contributed by atoms with Crippen molar-refractivity contribution in [1.29, 1.82) is 0 Å². The summed E-state index contributed by atoms with van der Waals surface area (Å²) in [5, 5.41) is 20.3. The molecule has 0 aromatic heterocycles. The third-order valence-electron chi connectivity index (χ3n) is 4.55. The van der Waals surface area contributed by atoms with Crippen molar-refractivity contribution < 1.29 is 15.0 Å². The molecule has 0 bridgehead atoms. The zero-order valence-electron chi connectivity index (χ0n) is 16.5. The molecule has 2 aromatic carbocycles. The van der Waals surface area contributed by atoms with Gasteiger partial charge >= 0.3 is 0 Å². The summed E-state index contributed by atoms with van der Waals surface area (Å²) in [6.45, 7) is 10.7. The number of hydrogen-bond acceptors (Lipinski definition) is 3. The van der Waals surface area contributed by atoms with Crippen LogP contribution in [0.15, 0.2) is 42.5 Å². The van der Waals surface area contributed by atoms with E-state index in [4.69, 9.17) is 0 Å². The smallest absolute Gasteiger partial charge is 0.196 e. The maximum atomic E-state index is 13.0. The largest absolute Gasteiger partial charge is 0.507 e. The lowest BCUT2D eigenvalue weighted by molar-refractivity contribution is 0.103. The summed E-state index contributed by atoms with van der Waals surface area (Å²) >= 11 is 0. The highest BCUT2D eigenvalue weighted by atomic mass is 16.3. The minimum atomic E-state index is -0.306. The average molecular weight is 354 g/mol. The van der Waals surface area contributed by atoms with Crippen molar-refractivity contribution in [3.63, 3.8) is 0 Å². The molecule has 2 rings (SSSR count). The van der Waals surface area contributed by atoms with Crippen molar-refractivity contribution in [3.8, 4) is 5.75 Å². The Hall–Kier alpha value is -2.13. The topological polar surface area (TPSA) is 57.5 Å². The molecule has 26 heavy (non-hydrogen) atoms. The zero-order chi connectivity index (χ0) is 19.5. The number of phenols is 1. The number of aliphatic hydroxyl groups is 1. The normalized spacial score (nSPS) is 12.2. The van der Waals surface area contributed by atoms with E-state index >= 15 is 0 Å². The average Bonchev–Trinajstić information content (AvgIpc) is 2.54. The molecule has 0 radical (unpaired) electrons. The predicted molar refractivity (Wildman–Crippen MR) is 106 cm³/mol. The monoisotopic (exact) mass is 354 g/mol. The first-order valence-electron chi connectivity index (χ1n) is 9.12. The Balaban J connectivity index is 2.59. The maximum Gasteiger partial charge on any atom is 0.196 e. The highest BCUT2D eigenvalue weighted by Gasteiger charge is 2.32. The van der Waals surface area contributed by atoms with E-state index in [0.29, 0.717) is 17.5 Å². The first-order valence-corrected chi connectivity index (χ1v) is 9.12. The van der Waals surface area contributed by atoms with E-state index < -0.39 is 0 Å². The number of carbonyl (C=O) groups is 1. The molecule has 0 saturated heterocycles. The minimum Gasteiger partial charge on any atom is -0.507 e. The summed E-state index contributed by atoms with van der Waals surface area (Å²) in [4.78, 5) is 13.0. The van der Waals surface area contributed by atoms with Crippen molar-refractivity contribution >= 4 is 5.78 Å². The van der Waals surface area contributed by atoms with Crippen LogP contribution in [0.4, 0.5) is 0 Å². The molecule has 140 valence electrons. The van der Waals surface area contributed by atoms with Crippen LogP contribution in [0.25, 0.3) is 0 Å². The van der Waals surface area contributed by atoms with Gasteiger partial charge in [-0.15, -0.1) is 0 Å². The van der Waals surface area contributed by atoms with Crippen molar-refractivity contribution in [3.05, 3.63) is 64.7 Å². The number of ketones is 1. The summed E-state index contributed by atoms with van der Waals surface area (Å²) in [5.74, 6) is -0.148. The van der Waals surface area contributed by atoms with Crippen LogP contribution in [0.2, 0.25) is 0 Å². The van der Waals surface area contributed by atoms with Gasteiger partial charge in [0.1, 0.15) is 5.75 Å². The molecule has 0 saturated carbocycles. The standard InChI is InChI=1S/C23H30O3/c1-22(2,3)15-23(4,5)19-14-16(11-12-24)13-18(21(19)26)20(25)17-9-7-6-8-10-17/h6-10,13-14,24,26H,11-12,15H2,1-5H3. The van der Waals surface area contributed by atoms with E-state index in [9.17, 15) is 15.0 Å². The molecule has 0 atom stereocenters. The van der Waals surface area contributed by atoms with Gasteiger partial charge < -0.3 is 10.2 Å². The summed E-state index contributed by atoms with van der Waals surface area (Å²) in [7, 11) is 0. The first-order chi connectivity index (χ1) is 12.0. The van der Waals surface area contributed by atoms with E-state index in [-0.39, 0.29) is 29.0 Å². The van der Waals surface area contributed by atoms with Gasteiger partial charge in [0.15, 0.2) is 5.78 Å². The highest BCUT2D eigenvalue weighted by Crippen LogP contribution is 2.42. The molecule has 3 heteroatoms. The molecule has 2 N–H and O–H groups in total. The van der Waals surface area contributed by atoms with E-state index in [0.717, 1.165) is 17.5 Å². The van der Waals surface area contributed by atoms with Crippen molar-refractivity contribution in [2.24, 2.45) is 5.41 Å². The van der Waals surface area contributed by atoms with E-state index in [1.807, 2.05) is 24.3 Å². The van der Waals surface area contributed by atoms with Crippen LogP contribution in [0.3, 0.4) is 0 Å². The molecule has 0 aliphatic rings. The molecule has 0 aliphatic carbocycles. The lowest BCUT2D eigenvalue weighted by Gasteiger charge is -2.34. The van der Waals surface area contributed by atoms with Crippen molar-refractivity contribution in [2.45, 2.75) is 52.9 Å². The van der Waals surface area contributed by atoms with Gasteiger partial charge in [0.2, 0.25) is 0 Å². The second kappa shape index (κ2) is 7.63. The van der Waals surface area contributed by atoms with Gasteiger partial charge in [-0.1, -0.05) is 71.0 Å². The van der Waals surface area contributed by atoms with E-state index in [1.54, 1.807) is 18.2 Å². The summed E-state index contributed by atoms with van der Waals surface area (Å²) in [5.41, 5.74) is 2.24. The molecule has 0 amide bonds. The summed E-state index contributed by atoms with van der Waals surface area (Å²) in [6, 6.07) is 12.6. The van der Waals surface area contributed by atoms with E-state index in [1.165, 1.54) is 0 Å². The van der Waals surface area contributed by atoms with E-state index in [2.05, 4.69) is 34.6 Å². The van der Waals surface area contributed by atoms with Crippen LogP contribution >= 0.6 is 0 Å². The van der Waals surface area contributed by atoms with Gasteiger partial charge in [-0.2, -0.15) is 0 Å². The Kier molecular flexibility index (Phi) is 5.92. The minimum absolute atomic E-state index is 0.00286. The quantitative estimate of drug-likeness (QED) is 0.728. The second-order valence-electron chi connectivity index (χ2n) is 8.83. The van der Waals surface area contributed by atoms with Crippen LogP contribution in [0.5, 0.6) is 5.75 Å². The van der Waals surface area contributed by atoms with Crippen LogP contribution < -0.4 is 0 Å². The molecule has 0 fully saturated rings. The Bertz CT molecular complexity index is 768. The molecule has 3 nitrogen and oxygen atoms in total. The number of aromatic hydroxyl groups is 1. The van der Waals surface area contributed by atoms with Crippen LogP contribution in [0, 0.1) is 5.41 Å². The number of hydrogen-bond donors (Lipinski definition) is 2. The number of aliphatic hydroxyl groups excluding tert-OH is 1. The Morgan fingerprint density at radius 3 is 2.15 bits per heavy atom. The summed E-state index contributed by atoms with van der Waals surface area (Å²) in [6.07, 6.45) is 1.31. The number of phenolic OH excluding ortho intramolecular Hbond substituents is 1. The lowest BCUT2D eigenvalue weighted by Crippen LogP contribution is -2.25. The van der Waals surface area contributed by atoms with Gasteiger partial charge in [0.25, 0.3) is 0 Å². The number of rotatable bonds is 6. The third kappa shape index (κ3) is 4.73. The molecular weight excluding hydrogens is 324 g/mol.